The molecular formula is C18H20O2. The predicted molar refractivity (Wildman–Crippen MR) is 83.4 cm³/mol. The molecule has 2 rings (SSSR count). The van der Waals surface area contributed by atoms with Crippen LogP contribution in [-0.2, 0) is 12.8 Å². The monoisotopic (exact) mass is 268 g/mol. The second kappa shape index (κ2) is 7.63. The number of benzene rings is 2. The van der Waals surface area contributed by atoms with E-state index in [9.17, 15) is 5.11 Å². The Morgan fingerprint density at radius 1 is 0.750 bits per heavy atom. The summed E-state index contributed by atoms with van der Waals surface area (Å²) in [5.74, 6) is 0. The third kappa shape index (κ3) is 3.80. The Hall–Kier alpha value is -1.90. The van der Waals surface area contributed by atoms with Gasteiger partial charge in [0.2, 0.25) is 0 Å². The van der Waals surface area contributed by atoms with Crippen molar-refractivity contribution in [1.29, 1.82) is 0 Å². The van der Waals surface area contributed by atoms with Crippen molar-refractivity contribution in [2.75, 3.05) is 13.2 Å². The lowest BCUT2D eigenvalue weighted by Gasteiger charge is -2.11. The van der Waals surface area contributed by atoms with Crippen LogP contribution in [0.2, 0.25) is 0 Å². The Morgan fingerprint density at radius 2 is 1.50 bits per heavy atom. The molecule has 0 aromatic heterocycles. The van der Waals surface area contributed by atoms with Crippen LogP contribution in [0.3, 0.4) is 0 Å². The van der Waals surface area contributed by atoms with Crippen LogP contribution in [0.15, 0.2) is 48.5 Å². The van der Waals surface area contributed by atoms with Gasteiger partial charge in [0.05, 0.1) is 0 Å². The van der Waals surface area contributed by atoms with E-state index in [1.54, 1.807) is 0 Å². The van der Waals surface area contributed by atoms with E-state index in [0.717, 1.165) is 22.3 Å². The van der Waals surface area contributed by atoms with Gasteiger partial charge in [0.25, 0.3) is 0 Å². The SMILES string of the molecule is OCCc1cccc(/C=C/c2ccccc2)c1CCO. The second-order valence-electron chi connectivity index (χ2n) is 4.68. The maximum atomic E-state index is 9.24. The Labute approximate surface area is 120 Å². The number of hydrogen-bond acceptors (Lipinski definition) is 2. The molecule has 2 nitrogen and oxygen atoms in total. The van der Waals surface area contributed by atoms with Gasteiger partial charge >= 0.3 is 0 Å². The minimum atomic E-state index is 0.120. The highest BCUT2D eigenvalue weighted by atomic mass is 16.3. The summed E-state index contributed by atoms with van der Waals surface area (Å²) in [6.45, 7) is 0.249. The molecule has 20 heavy (non-hydrogen) atoms. The van der Waals surface area contributed by atoms with Crippen molar-refractivity contribution >= 4 is 12.2 Å². The number of aliphatic hydroxyl groups excluding tert-OH is 2. The van der Waals surface area contributed by atoms with Crippen LogP contribution in [0, 0.1) is 0 Å². The first kappa shape index (κ1) is 14.5. The first-order chi connectivity index (χ1) is 9.85. The molecular weight excluding hydrogens is 248 g/mol. The predicted octanol–water partition coefficient (Wildman–Crippen LogP) is 2.93. The molecule has 0 heterocycles. The first-order valence-electron chi connectivity index (χ1n) is 6.90. The number of hydrogen-bond donors (Lipinski definition) is 2. The highest BCUT2D eigenvalue weighted by Crippen LogP contribution is 2.19. The van der Waals surface area contributed by atoms with Gasteiger partial charge in [0.15, 0.2) is 0 Å². The van der Waals surface area contributed by atoms with E-state index in [1.165, 1.54) is 0 Å². The summed E-state index contributed by atoms with van der Waals surface area (Å²) < 4.78 is 0. The Morgan fingerprint density at radius 3 is 2.20 bits per heavy atom. The Balaban J connectivity index is 2.30. The fourth-order valence-corrected chi connectivity index (χ4v) is 2.33. The maximum Gasteiger partial charge on any atom is 0.0471 e. The summed E-state index contributed by atoms with van der Waals surface area (Å²) in [7, 11) is 0. The summed E-state index contributed by atoms with van der Waals surface area (Å²) in [4.78, 5) is 0. The van der Waals surface area contributed by atoms with Crippen LogP contribution < -0.4 is 0 Å². The maximum absolute atomic E-state index is 9.24. The van der Waals surface area contributed by atoms with Gasteiger partial charge in [-0.3, -0.25) is 0 Å². The third-order valence-electron chi connectivity index (χ3n) is 3.31. The summed E-state index contributed by atoms with van der Waals surface area (Å²) >= 11 is 0. The second-order valence-corrected chi connectivity index (χ2v) is 4.68. The molecule has 0 fully saturated rings. The van der Waals surface area contributed by atoms with Crippen LogP contribution in [0.25, 0.3) is 12.2 Å². The van der Waals surface area contributed by atoms with E-state index in [0.29, 0.717) is 12.8 Å². The molecule has 0 atom stereocenters. The Kier molecular flexibility index (Phi) is 5.54. The van der Waals surface area contributed by atoms with E-state index < -0.39 is 0 Å². The molecule has 2 aromatic rings. The zero-order valence-electron chi connectivity index (χ0n) is 11.5. The summed E-state index contributed by atoms with van der Waals surface area (Å²) in [6, 6.07) is 16.2. The standard InChI is InChI=1S/C18H20O2/c19-13-11-17-8-4-7-16(18(17)12-14-20)10-9-15-5-2-1-3-6-15/h1-10,19-20H,11-14H2/b10-9+. The molecule has 2 aromatic carbocycles. The van der Waals surface area contributed by atoms with Gasteiger partial charge in [-0.25, -0.2) is 0 Å². The van der Waals surface area contributed by atoms with E-state index >= 15 is 0 Å². The lowest BCUT2D eigenvalue weighted by atomic mass is 9.96. The fraction of sp³-hybridized carbons (Fsp3) is 0.222. The van der Waals surface area contributed by atoms with Crippen LogP contribution in [-0.4, -0.2) is 23.4 Å². The molecule has 2 heteroatoms. The molecule has 0 saturated heterocycles. The van der Waals surface area contributed by atoms with Gasteiger partial charge in [-0.2, -0.15) is 0 Å². The molecule has 0 aliphatic rings. The van der Waals surface area contributed by atoms with Crippen molar-refractivity contribution in [2.24, 2.45) is 0 Å². The van der Waals surface area contributed by atoms with Gasteiger partial charge in [0.1, 0.15) is 0 Å². The largest absolute Gasteiger partial charge is 0.396 e. The highest BCUT2D eigenvalue weighted by Gasteiger charge is 2.05. The van der Waals surface area contributed by atoms with Gasteiger partial charge in [-0.05, 0) is 35.1 Å². The van der Waals surface area contributed by atoms with Crippen LogP contribution in [0.1, 0.15) is 22.3 Å². The fourth-order valence-electron chi connectivity index (χ4n) is 2.33. The quantitative estimate of drug-likeness (QED) is 0.791. The molecule has 0 amide bonds. The summed E-state index contributed by atoms with van der Waals surface area (Å²) in [6.07, 6.45) is 5.38. The lowest BCUT2D eigenvalue weighted by molar-refractivity contribution is 0.293. The highest BCUT2D eigenvalue weighted by molar-refractivity contribution is 5.71. The van der Waals surface area contributed by atoms with E-state index in [4.69, 9.17) is 5.11 Å². The van der Waals surface area contributed by atoms with Crippen molar-refractivity contribution in [3.8, 4) is 0 Å². The van der Waals surface area contributed by atoms with Gasteiger partial charge in [0, 0.05) is 13.2 Å². The van der Waals surface area contributed by atoms with Crippen LogP contribution in [0.5, 0.6) is 0 Å². The van der Waals surface area contributed by atoms with Gasteiger partial charge < -0.3 is 10.2 Å². The molecule has 0 unspecified atom stereocenters. The van der Waals surface area contributed by atoms with E-state index in [2.05, 4.69) is 24.3 Å². The third-order valence-corrected chi connectivity index (χ3v) is 3.31. The van der Waals surface area contributed by atoms with Crippen molar-refractivity contribution in [2.45, 2.75) is 12.8 Å². The average molecular weight is 268 g/mol. The van der Waals surface area contributed by atoms with Crippen LogP contribution in [0.4, 0.5) is 0 Å². The molecule has 2 N–H and O–H groups in total. The first-order valence-corrected chi connectivity index (χ1v) is 6.90. The molecule has 0 aliphatic heterocycles. The summed E-state index contributed by atoms with van der Waals surface area (Å²) in [5, 5.41) is 18.4. The summed E-state index contributed by atoms with van der Waals surface area (Å²) in [5.41, 5.74) is 4.48. The minimum absolute atomic E-state index is 0.120. The average Bonchev–Trinajstić information content (AvgIpc) is 2.49. The Bertz CT molecular complexity index is 559. The normalized spacial score (nSPS) is 11.1. The zero-order chi connectivity index (χ0) is 14.2. The number of aliphatic hydroxyl groups is 2. The van der Waals surface area contributed by atoms with Gasteiger partial charge in [-0.15, -0.1) is 0 Å². The molecule has 0 bridgehead atoms. The molecule has 104 valence electrons. The van der Waals surface area contributed by atoms with Crippen molar-refractivity contribution in [3.63, 3.8) is 0 Å². The molecule has 0 saturated carbocycles. The van der Waals surface area contributed by atoms with E-state index in [1.807, 2.05) is 36.4 Å². The molecule has 0 radical (unpaired) electrons. The smallest absolute Gasteiger partial charge is 0.0471 e. The zero-order valence-corrected chi connectivity index (χ0v) is 11.5. The lowest BCUT2D eigenvalue weighted by Crippen LogP contribution is -2.02. The molecule has 0 spiro atoms. The van der Waals surface area contributed by atoms with Crippen LogP contribution >= 0.6 is 0 Å². The topological polar surface area (TPSA) is 40.5 Å². The van der Waals surface area contributed by atoms with Gasteiger partial charge in [-0.1, -0.05) is 60.7 Å². The van der Waals surface area contributed by atoms with Crippen molar-refractivity contribution in [3.05, 3.63) is 70.8 Å². The molecule has 0 aliphatic carbocycles. The minimum Gasteiger partial charge on any atom is -0.396 e. The number of rotatable bonds is 6. The van der Waals surface area contributed by atoms with E-state index in [-0.39, 0.29) is 13.2 Å². The van der Waals surface area contributed by atoms with Crippen molar-refractivity contribution < 1.29 is 10.2 Å². The van der Waals surface area contributed by atoms with Crippen molar-refractivity contribution in [1.82, 2.24) is 0 Å².